The Kier molecular flexibility index (Phi) is 5.18. The van der Waals surface area contributed by atoms with Crippen molar-refractivity contribution in [1.82, 2.24) is 19.7 Å². The molecule has 1 N–H and O–H groups in total. The Balaban J connectivity index is 1.68. The van der Waals surface area contributed by atoms with Gasteiger partial charge in [-0.2, -0.15) is 0 Å². The van der Waals surface area contributed by atoms with Gasteiger partial charge in [0.25, 0.3) is 0 Å². The first-order valence-corrected chi connectivity index (χ1v) is 9.27. The van der Waals surface area contributed by atoms with Crippen molar-refractivity contribution >= 4 is 17.1 Å². The number of benzene rings is 1. The number of carbonyl (C=O) groups is 1. The van der Waals surface area contributed by atoms with Gasteiger partial charge in [-0.1, -0.05) is 11.2 Å². The van der Waals surface area contributed by atoms with Crippen molar-refractivity contribution in [2.45, 2.75) is 26.3 Å². The maximum absolute atomic E-state index is 14.0. The topological polar surface area (TPSA) is 103 Å². The van der Waals surface area contributed by atoms with E-state index in [0.717, 1.165) is 22.4 Å². The Labute approximate surface area is 170 Å². The number of imidazole rings is 1. The van der Waals surface area contributed by atoms with Gasteiger partial charge in [-0.3, -0.25) is 4.79 Å². The van der Waals surface area contributed by atoms with Gasteiger partial charge in [-0.25, -0.2) is 14.4 Å². The molecule has 0 atom stereocenters. The van der Waals surface area contributed by atoms with Crippen LogP contribution in [-0.2, 0) is 24.2 Å². The Bertz CT molecular complexity index is 1230. The first-order chi connectivity index (χ1) is 14.5. The molecule has 3 heterocycles. The largest absolute Gasteiger partial charge is 0.494 e. The van der Waals surface area contributed by atoms with Crippen molar-refractivity contribution < 1.29 is 23.6 Å². The third kappa shape index (κ3) is 3.73. The van der Waals surface area contributed by atoms with Gasteiger partial charge in [0.2, 0.25) is 0 Å². The summed E-state index contributed by atoms with van der Waals surface area (Å²) in [5.41, 5.74) is 4.12. The van der Waals surface area contributed by atoms with Crippen LogP contribution in [0.3, 0.4) is 0 Å². The summed E-state index contributed by atoms with van der Waals surface area (Å²) in [5, 5.41) is 13.2. The predicted molar refractivity (Wildman–Crippen MR) is 106 cm³/mol. The highest BCUT2D eigenvalue weighted by atomic mass is 19.1. The van der Waals surface area contributed by atoms with E-state index in [1.807, 2.05) is 13.0 Å². The fourth-order valence-corrected chi connectivity index (χ4v) is 3.39. The molecule has 0 bridgehead atoms. The summed E-state index contributed by atoms with van der Waals surface area (Å²) in [6, 6.07) is 6.59. The van der Waals surface area contributed by atoms with Crippen LogP contribution in [0.4, 0.5) is 4.39 Å². The number of fused-ring (bicyclic) bond motifs is 1. The molecule has 0 unspecified atom stereocenters. The number of hydrogen-bond donors (Lipinski definition) is 1. The Hall–Kier alpha value is -3.75. The molecular weight excluding hydrogens is 391 g/mol. The van der Waals surface area contributed by atoms with Gasteiger partial charge in [0, 0.05) is 23.7 Å². The van der Waals surface area contributed by atoms with E-state index in [-0.39, 0.29) is 12.3 Å². The van der Waals surface area contributed by atoms with E-state index in [1.165, 1.54) is 19.4 Å². The number of carboxylic acid groups (broad SMARTS) is 1. The van der Waals surface area contributed by atoms with E-state index in [1.54, 1.807) is 22.9 Å². The number of pyridine rings is 1. The standard InChI is InChI=1S/C21H19FN4O4/c1-12-15(11-30-25-12)14-8-17-21(23-9-14)26(10-20(27)28)19(24-17)6-4-13-3-5-18(29-2)16(22)7-13/h3,5,7-9,11H,4,6,10H2,1-2H3,(H,27,28). The number of methoxy groups -OCH3 is 1. The number of aromatic nitrogens is 4. The summed E-state index contributed by atoms with van der Waals surface area (Å²) in [5.74, 6) is -0.691. The van der Waals surface area contributed by atoms with E-state index in [4.69, 9.17) is 9.26 Å². The lowest BCUT2D eigenvalue weighted by atomic mass is 10.1. The summed E-state index contributed by atoms with van der Waals surface area (Å²) in [4.78, 5) is 20.4. The van der Waals surface area contributed by atoms with Crippen LogP contribution >= 0.6 is 0 Å². The van der Waals surface area contributed by atoms with Gasteiger partial charge in [0.1, 0.15) is 24.1 Å². The van der Waals surface area contributed by atoms with Gasteiger partial charge in [0.05, 0.1) is 12.8 Å². The minimum absolute atomic E-state index is 0.178. The second-order valence-electron chi connectivity index (χ2n) is 6.86. The number of ether oxygens (including phenoxy) is 1. The smallest absolute Gasteiger partial charge is 0.323 e. The van der Waals surface area contributed by atoms with Crippen molar-refractivity contribution in [2.75, 3.05) is 7.11 Å². The van der Waals surface area contributed by atoms with E-state index in [2.05, 4.69) is 15.1 Å². The first-order valence-electron chi connectivity index (χ1n) is 9.27. The summed E-state index contributed by atoms with van der Waals surface area (Å²) in [6.07, 6.45) is 4.09. The maximum Gasteiger partial charge on any atom is 0.323 e. The minimum atomic E-state index is -0.994. The highest BCUT2D eigenvalue weighted by Gasteiger charge is 2.17. The number of hydrogen-bond acceptors (Lipinski definition) is 6. The SMILES string of the molecule is COc1ccc(CCc2nc3cc(-c4conc4C)cnc3n2CC(=O)O)cc1F. The molecule has 3 aromatic heterocycles. The molecule has 0 spiro atoms. The minimum Gasteiger partial charge on any atom is -0.494 e. The zero-order valence-corrected chi connectivity index (χ0v) is 16.4. The van der Waals surface area contributed by atoms with Crippen molar-refractivity contribution in [2.24, 2.45) is 0 Å². The van der Waals surface area contributed by atoms with Crippen molar-refractivity contribution in [3.63, 3.8) is 0 Å². The summed E-state index contributed by atoms with van der Waals surface area (Å²) in [6.45, 7) is 1.56. The van der Waals surface area contributed by atoms with Crippen LogP contribution in [0.15, 0.2) is 41.2 Å². The molecule has 0 fully saturated rings. The van der Waals surface area contributed by atoms with E-state index in [9.17, 15) is 14.3 Å². The Morgan fingerprint density at radius 3 is 2.80 bits per heavy atom. The zero-order chi connectivity index (χ0) is 21.3. The van der Waals surface area contributed by atoms with Gasteiger partial charge in [0.15, 0.2) is 17.2 Å². The molecule has 154 valence electrons. The quantitative estimate of drug-likeness (QED) is 0.498. The van der Waals surface area contributed by atoms with Crippen molar-refractivity contribution in [3.05, 3.63) is 59.6 Å². The van der Waals surface area contributed by atoms with Gasteiger partial charge in [-0.05, 0) is 37.1 Å². The Morgan fingerprint density at radius 1 is 1.30 bits per heavy atom. The molecule has 0 amide bonds. The van der Waals surface area contributed by atoms with Gasteiger partial charge >= 0.3 is 5.97 Å². The lowest BCUT2D eigenvalue weighted by molar-refractivity contribution is -0.137. The predicted octanol–water partition coefficient (Wildman–Crippen LogP) is 3.41. The number of rotatable bonds is 7. The van der Waals surface area contributed by atoms with Crippen LogP contribution in [0.1, 0.15) is 17.1 Å². The van der Waals surface area contributed by atoms with Crippen molar-refractivity contribution in [3.8, 4) is 16.9 Å². The molecule has 4 rings (SSSR count). The lowest BCUT2D eigenvalue weighted by Crippen LogP contribution is -2.13. The lowest BCUT2D eigenvalue weighted by Gasteiger charge is -2.07. The molecule has 9 heteroatoms. The molecule has 8 nitrogen and oxygen atoms in total. The van der Waals surface area contributed by atoms with E-state index >= 15 is 0 Å². The molecule has 0 radical (unpaired) electrons. The summed E-state index contributed by atoms with van der Waals surface area (Å²) < 4.78 is 25.5. The maximum atomic E-state index is 14.0. The van der Waals surface area contributed by atoms with Gasteiger partial charge < -0.3 is 18.9 Å². The van der Waals surface area contributed by atoms with Crippen LogP contribution in [0.2, 0.25) is 0 Å². The Morgan fingerprint density at radius 2 is 2.13 bits per heavy atom. The number of aryl methyl sites for hydroxylation is 3. The fraction of sp³-hybridized carbons (Fsp3) is 0.238. The molecular formula is C21H19FN4O4. The number of halogens is 1. The molecule has 0 saturated carbocycles. The molecule has 0 aliphatic rings. The summed E-state index contributed by atoms with van der Waals surface area (Å²) >= 11 is 0. The number of aliphatic carboxylic acids is 1. The molecule has 0 saturated heterocycles. The molecule has 4 aromatic rings. The summed E-state index contributed by atoms with van der Waals surface area (Å²) in [7, 11) is 1.41. The fourth-order valence-electron chi connectivity index (χ4n) is 3.39. The normalized spacial score (nSPS) is 11.2. The average Bonchev–Trinajstić information content (AvgIpc) is 3.29. The molecule has 30 heavy (non-hydrogen) atoms. The van der Waals surface area contributed by atoms with Crippen LogP contribution in [0.5, 0.6) is 5.75 Å². The third-order valence-corrected chi connectivity index (χ3v) is 4.87. The van der Waals surface area contributed by atoms with Crippen LogP contribution < -0.4 is 4.74 Å². The van der Waals surface area contributed by atoms with Gasteiger partial charge in [-0.15, -0.1) is 0 Å². The van der Waals surface area contributed by atoms with E-state index < -0.39 is 11.8 Å². The van der Waals surface area contributed by atoms with Crippen LogP contribution in [0, 0.1) is 12.7 Å². The second kappa shape index (κ2) is 7.94. The zero-order valence-electron chi connectivity index (χ0n) is 16.4. The average molecular weight is 410 g/mol. The third-order valence-electron chi connectivity index (χ3n) is 4.87. The number of carboxylic acids is 1. The van der Waals surface area contributed by atoms with E-state index in [0.29, 0.717) is 29.8 Å². The monoisotopic (exact) mass is 410 g/mol. The number of nitrogens with zero attached hydrogens (tertiary/aromatic N) is 4. The molecule has 1 aromatic carbocycles. The highest BCUT2D eigenvalue weighted by molar-refractivity contribution is 5.80. The molecule has 0 aliphatic heterocycles. The highest BCUT2D eigenvalue weighted by Crippen LogP contribution is 2.26. The first kappa shape index (κ1) is 19.6. The molecule has 0 aliphatic carbocycles. The second-order valence-corrected chi connectivity index (χ2v) is 6.86. The van der Waals surface area contributed by atoms with Crippen molar-refractivity contribution in [1.29, 1.82) is 0 Å². The van der Waals surface area contributed by atoms with Crippen LogP contribution in [-0.4, -0.2) is 37.9 Å². The van der Waals surface area contributed by atoms with Crippen LogP contribution in [0.25, 0.3) is 22.3 Å².